The highest BCUT2D eigenvalue weighted by Gasteiger charge is 2.58. The molecule has 0 unspecified atom stereocenters. The molecule has 2 N–H and O–H groups in total. The number of ether oxygens (including phenoxy) is 1. The second kappa shape index (κ2) is 15.3. The van der Waals surface area contributed by atoms with Crippen LogP contribution in [0.2, 0.25) is 6.32 Å². The van der Waals surface area contributed by atoms with E-state index in [1.54, 1.807) is 17.0 Å². The predicted molar refractivity (Wildman–Crippen MR) is 197 cm³/mol. The zero-order chi connectivity index (χ0) is 34.8. The average molecular weight is 740 g/mol. The van der Waals surface area contributed by atoms with Crippen molar-refractivity contribution in [3.05, 3.63) is 111 Å². The monoisotopic (exact) mass is 738 g/mol. The second-order valence-electron chi connectivity index (χ2n) is 14.2. The molecule has 260 valence electrons. The molecule has 3 saturated heterocycles. The Morgan fingerprint density at radius 2 is 1.72 bits per heavy atom. The lowest BCUT2D eigenvalue weighted by Gasteiger charge is -2.43. The molecule has 50 heavy (non-hydrogen) atoms. The summed E-state index contributed by atoms with van der Waals surface area (Å²) in [5.74, 6) is -0.539. The Balaban J connectivity index is 1.12. The van der Waals surface area contributed by atoms with Gasteiger partial charge in [-0.25, -0.2) is 0 Å². The fourth-order valence-electron chi connectivity index (χ4n) is 8.48. The summed E-state index contributed by atoms with van der Waals surface area (Å²) in [7, 11) is -1.04. The number of rotatable bonds is 10. The van der Waals surface area contributed by atoms with Crippen molar-refractivity contribution < 1.29 is 29.1 Å². The van der Waals surface area contributed by atoms with Gasteiger partial charge < -0.3 is 19.5 Å². The summed E-state index contributed by atoms with van der Waals surface area (Å²) in [6.07, 6.45) is 4.98. The first-order valence-corrected chi connectivity index (χ1v) is 18.6. The van der Waals surface area contributed by atoms with Gasteiger partial charge in [-0.15, -0.1) is 0 Å². The van der Waals surface area contributed by atoms with Crippen LogP contribution in [0, 0.1) is 17.8 Å². The third kappa shape index (κ3) is 7.49. The molecule has 4 atom stereocenters. The van der Waals surface area contributed by atoms with Crippen molar-refractivity contribution in [1.29, 1.82) is 0 Å². The van der Waals surface area contributed by atoms with E-state index in [0.717, 1.165) is 65.0 Å². The van der Waals surface area contributed by atoms with Crippen LogP contribution in [0.1, 0.15) is 50.2 Å². The maximum absolute atomic E-state index is 14.4. The minimum atomic E-state index is -1.04. The number of carbonyl (C=O) groups is 2. The number of fused-ring (bicyclic) bond motifs is 3. The first-order chi connectivity index (χ1) is 24.2. The van der Waals surface area contributed by atoms with Crippen LogP contribution in [-0.2, 0) is 20.8 Å². The second-order valence-corrected chi connectivity index (χ2v) is 15.1. The molecule has 0 bridgehead atoms. The summed E-state index contributed by atoms with van der Waals surface area (Å²) in [6.45, 7) is 4.82. The smallest absolute Gasteiger partial charge is 0.455 e. The Bertz CT molecular complexity index is 1760. The zero-order valence-electron chi connectivity index (χ0n) is 28.4. The number of hydrogen-bond donors (Lipinski definition) is 2. The summed E-state index contributed by atoms with van der Waals surface area (Å²) < 4.78 is 13.4. The molecule has 3 aromatic carbocycles. The largest absolute Gasteiger partial charge is 0.507 e. The Labute approximate surface area is 303 Å². The minimum absolute atomic E-state index is 0.0806. The molecule has 4 aliphatic rings. The van der Waals surface area contributed by atoms with Crippen LogP contribution >= 0.6 is 15.9 Å². The molecule has 3 heterocycles. The van der Waals surface area contributed by atoms with Crippen molar-refractivity contribution in [2.45, 2.75) is 64.0 Å². The summed E-state index contributed by atoms with van der Waals surface area (Å²) in [5.41, 5.74) is 5.03. The van der Waals surface area contributed by atoms with Crippen molar-refractivity contribution in [2.75, 3.05) is 19.7 Å². The third-order valence-electron chi connectivity index (χ3n) is 10.9. The first kappa shape index (κ1) is 34.7. The topological polar surface area (TPSA) is 99.5 Å². The van der Waals surface area contributed by atoms with E-state index in [0.29, 0.717) is 19.3 Å². The molecule has 10 heteroatoms. The number of para-hydroxylation sites is 1. The predicted octanol–water partition coefficient (Wildman–Crippen LogP) is 6.88. The molecular formula is C40H44BBrN2O6. The van der Waals surface area contributed by atoms with Crippen LogP contribution in [0.4, 0.5) is 0 Å². The fraction of sp³-hybridized carbons (Fsp3) is 0.400. The number of likely N-dealkylation sites (tertiary alicyclic amines) is 2. The third-order valence-corrected chi connectivity index (χ3v) is 11.4. The van der Waals surface area contributed by atoms with E-state index in [1.165, 1.54) is 5.56 Å². The molecule has 3 aromatic rings. The number of phenolic OH excluding ortho intramolecular Hbond substituents is 1. The van der Waals surface area contributed by atoms with Crippen LogP contribution in [0.3, 0.4) is 0 Å². The number of halogens is 1. The molecule has 8 nitrogen and oxygen atoms in total. The minimum Gasteiger partial charge on any atom is -0.507 e. The summed E-state index contributed by atoms with van der Waals surface area (Å²) >= 11 is 3.48. The maximum Gasteiger partial charge on any atom is 0.455 e. The standard InChI is InChI=1S/C40H44BBrN2O6/c1-26(20-28-21-30(42)13-14-35(28)45)12-15-36-37-29(25-49-32-10-6-3-7-11-32)22-33-38(34(37)23-41(48)50-36)40(47)44(39(33)46)31-16-18-43(19-17-31)24-27-8-4-2-5-9-27/h2-11,13-14,20-21,31,33-34,36,38,45,48H,12,15-19,22-25H2,1H3/b26-20+/t33-,34+,36-,38-/m1/s1. The normalized spacial score (nSPS) is 24.8. The first-order valence-electron chi connectivity index (χ1n) is 17.8. The lowest BCUT2D eigenvalue weighted by Crippen LogP contribution is -2.48. The average Bonchev–Trinajstić information content (AvgIpc) is 3.37. The summed E-state index contributed by atoms with van der Waals surface area (Å²) in [5, 5.41) is 21.5. The van der Waals surface area contributed by atoms with Gasteiger partial charge in [0, 0.05) is 35.7 Å². The number of phenols is 1. The lowest BCUT2D eigenvalue weighted by atomic mass is 9.58. The molecule has 1 aliphatic carbocycles. The quantitative estimate of drug-likeness (QED) is 0.133. The Hall–Kier alpha value is -3.70. The number of piperidine rings is 1. The molecule has 0 radical (unpaired) electrons. The molecule has 0 saturated carbocycles. The summed E-state index contributed by atoms with van der Waals surface area (Å²) in [4.78, 5) is 32.6. The van der Waals surface area contributed by atoms with Crippen molar-refractivity contribution >= 4 is 40.9 Å². The number of benzene rings is 3. The number of imide groups is 1. The Morgan fingerprint density at radius 1 is 1.00 bits per heavy atom. The van der Waals surface area contributed by atoms with Crippen LogP contribution in [0.5, 0.6) is 11.5 Å². The van der Waals surface area contributed by atoms with Gasteiger partial charge in [-0.2, -0.15) is 0 Å². The zero-order valence-corrected chi connectivity index (χ0v) is 30.0. The van der Waals surface area contributed by atoms with Crippen molar-refractivity contribution in [1.82, 2.24) is 9.80 Å². The number of hydrogen-bond acceptors (Lipinski definition) is 7. The highest BCUT2D eigenvalue weighted by molar-refractivity contribution is 9.10. The van der Waals surface area contributed by atoms with E-state index >= 15 is 0 Å². The van der Waals surface area contributed by atoms with Gasteiger partial charge in [-0.3, -0.25) is 19.4 Å². The van der Waals surface area contributed by atoms with Crippen LogP contribution in [-0.4, -0.2) is 70.7 Å². The number of nitrogens with zero attached hydrogens (tertiary/aromatic N) is 2. The van der Waals surface area contributed by atoms with Gasteiger partial charge in [0.05, 0.1) is 17.9 Å². The van der Waals surface area contributed by atoms with Crippen LogP contribution < -0.4 is 4.74 Å². The Morgan fingerprint density at radius 3 is 2.46 bits per heavy atom. The van der Waals surface area contributed by atoms with Gasteiger partial charge in [0.2, 0.25) is 11.8 Å². The van der Waals surface area contributed by atoms with E-state index in [2.05, 4.69) is 45.1 Å². The van der Waals surface area contributed by atoms with Gasteiger partial charge in [-0.1, -0.05) is 76.1 Å². The molecular weight excluding hydrogens is 695 g/mol. The molecule has 7 rings (SSSR count). The molecule has 2 amide bonds. The van der Waals surface area contributed by atoms with Gasteiger partial charge >= 0.3 is 7.12 Å². The van der Waals surface area contributed by atoms with E-state index in [4.69, 9.17) is 9.39 Å². The maximum atomic E-state index is 14.4. The van der Waals surface area contributed by atoms with Gasteiger partial charge in [0.25, 0.3) is 0 Å². The lowest BCUT2D eigenvalue weighted by molar-refractivity contribution is -0.144. The van der Waals surface area contributed by atoms with E-state index in [9.17, 15) is 19.7 Å². The van der Waals surface area contributed by atoms with Gasteiger partial charge in [-0.05, 0) is 98.3 Å². The number of carbonyl (C=O) groups excluding carboxylic acids is 2. The number of allylic oxidation sites excluding steroid dienone is 1. The van der Waals surface area contributed by atoms with E-state index in [1.807, 2.05) is 55.5 Å². The highest BCUT2D eigenvalue weighted by Crippen LogP contribution is 2.51. The molecule has 3 aliphatic heterocycles. The van der Waals surface area contributed by atoms with Gasteiger partial charge in [0.15, 0.2) is 0 Å². The van der Waals surface area contributed by atoms with Crippen molar-refractivity contribution in [3.63, 3.8) is 0 Å². The van der Waals surface area contributed by atoms with Crippen LogP contribution in [0.25, 0.3) is 6.08 Å². The van der Waals surface area contributed by atoms with Crippen molar-refractivity contribution in [3.8, 4) is 11.5 Å². The fourth-order valence-corrected chi connectivity index (χ4v) is 8.86. The van der Waals surface area contributed by atoms with E-state index in [-0.39, 0.29) is 42.5 Å². The molecule has 3 fully saturated rings. The molecule has 0 spiro atoms. The molecule has 0 aromatic heterocycles. The SMILES string of the molecule is C/C(=C\c1cc(Br)ccc1O)CC[C@H]1OB(O)C[C@H]2C1=C(COc1ccccc1)C[C@H]1C(=O)N(C3CCN(Cc4ccccc4)CC3)C(=O)[C@H]12. The van der Waals surface area contributed by atoms with Crippen molar-refractivity contribution in [2.24, 2.45) is 17.8 Å². The van der Waals surface area contributed by atoms with Gasteiger partial charge in [0.1, 0.15) is 18.1 Å². The number of aromatic hydroxyl groups is 1. The Kier molecular flexibility index (Phi) is 10.6. The number of amides is 2. The van der Waals surface area contributed by atoms with E-state index < -0.39 is 25.1 Å². The van der Waals surface area contributed by atoms with Crippen LogP contribution in [0.15, 0.2) is 100 Å². The summed E-state index contributed by atoms with van der Waals surface area (Å²) in [6, 6.07) is 25.2. The highest BCUT2D eigenvalue weighted by atomic mass is 79.9.